The van der Waals surface area contributed by atoms with Crippen LogP contribution < -0.4 is 0 Å². The van der Waals surface area contributed by atoms with Gasteiger partial charge >= 0.3 is 5.97 Å². The van der Waals surface area contributed by atoms with Gasteiger partial charge in [0.05, 0.1) is 7.11 Å². The number of ether oxygens (including phenoxy) is 1. The Morgan fingerprint density at radius 3 is 2.82 bits per heavy atom. The molecule has 6 heteroatoms. The van der Waals surface area contributed by atoms with Gasteiger partial charge in [-0.2, -0.15) is 0 Å². The maximum absolute atomic E-state index is 10.9. The summed E-state index contributed by atoms with van der Waals surface area (Å²) in [6, 6.07) is 0. The van der Waals surface area contributed by atoms with Gasteiger partial charge in [-0.3, -0.25) is 0 Å². The largest absolute Gasteiger partial charge is 0.464 e. The molecule has 0 aliphatic carbocycles. The van der Waals surface area contributed by atoms with Crippen molar-refractivity contribution in [2.75, 3.05) is 7.11 Å². The zero-order valence-electron chi connectivity index (χ0n) is 5.52. The summed E-state index contributed by atoms with van der Waals surface area (Å²) < 4.78 is 4.79. The first kappa shape index (κ1) is 8.55. The van der Waals surface area contributed by atoms with Gasteiger partial charge in [-0.1, -0.05) is 0 Å². The van der Waals surface area contributed by atoms with Gasteiger partial charge in [0, 0.05) is 0 Å². The zero-order chi connectivity index (χ0) is 8.43. The van der Waals surface area contributed by atoms with Crippen LogP contribution in [0.3, 0.4) is 0 Å². The highest BCUT2D eigenvalue weighted by Crippen LogP contribution is 2.16. The van der Waals surface area contributed by atoms with Crippen LogP contribution in [0.4, 0.5) is 0 Å². The lowest BCUT2D eigenvalue weighted by Crippen LogP contribution is -2.01. The first-order valence-electron chi connectivity index (χ1n) is 2.64. The van der Waals surface area contributed by atoms with Gasteiger partial charge in [-0.05, 0) is 27.5 Å². The number of aromatic amines is 1. The number of nitrogens with zero attached hydrogens (tertiary/aromatic N) is 1. The Morgan fingerprint density at radius 1 is 1.82 bits per heavy atom. The number of rotatable bonds is 1. The van der Waals surface area contributed by atoms with Gasteiger partial charge in [0.25, 0.3) is 0 Å². The van der Waals surface area contributed by atoms with Crippen LogP contribution in [0.2, 0.25) is 5.28 Å². The Kier molecular flexibility index (Phi) is 2.51. The molecule has 60 valence electrons. The van der Waals surface area contributed by atoms with Crippen molar-refractivity contribution in [2.45, 2.75) is 0 Å². The van der Waals surface area contributed by atoms with E-state index in [-0.39, 0.29) is 11.0 Å². The molecule has 0 saturated carbocycles. The minimum Gasteiger partial charge on any atom is -0.464 e. The maximum Gasteiger partial charge on any atom is 0.357 e. The van der Waals surface area contributed by atoms with Crippen molar-refractivity contribution in [1.29, 1.82) is 0 Å². The minimum absolute atomic E-state index is 0.150. The highest BCUT2D eigenvalue weighted by atomic mass is 79.9. The molecule has 0 spiro atoms. The number of carbonyl (C=O) groups excluding carboxylic acids is 1. The molecular weight excluding hydrogens is 235 g/mol. The summed E-state index contributed by atoms with van der Waals surface area (Å²) in [7, 11) is 1.28. The van der Waals surface area contributed by atoms with Crippen molar-refractivity contribution in [3.8, 4) is 0 Å². The molecule has 1 heterocycles. The number of hydrogen-bond acceptors (Lipinski definition) is 3. The highest BCUT2D eigenvalue weighted by molar-refractivity contribution is 9.10. The van der Waals surface area contributed by atoms with E-state index in [1.807, 2.05) is 0 Å². The summed E-state index contributed by atoms with van der Waals surface area (Å²) in [6.45, 7) is 0. The van der Waals surface area contributed by atoms with Gasteiger partial charge < -0.3 is 9.72 Å². The number of halogens is 2. The summed E-state index contributed by atoms with van der Waals surface area (Å²) in [4.78, 5) is 17.1. The van der Waals surface area contributed by atoms with Crippen LogP contribution in [0.5, 0.6) is 0 Å². The first-order chi connectivity index (χ1) is 5.15. The number of hydrogen-bond donors (Lipinski definition) is 1. The number of aromatic nitrogens is 2. The lowest BCUT2D eigenvalue weighted by molar-refractivity contribution is 0.0593. The maximum atomic E-state index is 10.9. The third-order valence-electron chi connectivity index (χ3n) is 1.02. The van der Waals surface area contributed by atoms with Crippen LogP contribution in [0.25, 0.3) is 0 Å². The van der Waals surface area contributed by atoms with Gasteiger partial charge in [0.15, 0.2) is 5.69 Å². The van der Waals surface area contributed by atoms with Gasteiger partial charge in [-0.25, -0.2) is 9.78 Å². The van der Waals surface area contributed by atoms with Crippen LogP contribution in [0.15, 0.2) is 4.60 Å². The van der Waals surface area contributed by atoms with E-state index in [9.17, 15) is 4.79 Å². The number of H-pyrrole nitrogens is 1. The van der Waals surface area contributed by atoms with E-state index in [2.05, 4.69) is 30.6 Å². The first-order valence-corrected chi connectivity index (χ1v) is 3.81. The predicted octanol–water partition coefficient (Wildman–Crippen LogP) is 1.61. The molecule has 0 aromatic carbocycles. The summed E-state index contributed by atoms with van der Waals surface area (Å²) in [5.74, 6) is -0.503. The Balaban J connectivity index is 3.03. The van der Waals surface area contributed by atoms with Gasteiger partial charge in [0.2, 0.25) is 5.28 Å². The van der Waals surface area contributed by atoms with Crippen molar-refractivity contribution in [1.82, 2.24) is 9.97 Å². The monoisotopic (exact) mass is 238 g/mol. The Morgan fingerprint density at radius 2 is 2.45 bits per heavy atom. The minimum atomic E-state index is -0.503. The fraction of sp³-hybridized carbons (Fsp3) is 0.200. The fourth-order valence-electron chi connectivity index (χ4n) is 0.562. The van der Waals surface area contributed by atoms with Crippen molar-refractivity contribution in [3.05, 3.63) is 15.6 Å². The molecule has 0 amide bonds. The summed E-state index contributed by atoms with van der Waals surface area (Å²) in [5.41, 5.74) is 0.220. The smallest absolute Gasteiger partial charge is 0.357 e. The van der Waals surface area contributed by atoms with Crippen molar-refractivity contribution in [2.24, 2.45) is 0 Å². The molecule has 1 N–H and O–H groups in total. The van der Waals surface area contributed by atoms with Gasteiger partial charge in [-0.15, -0.1) is 0 Å². The van der Waals surface area contributed by atoms with E-state index in [1.54, 1.807) is 0 Å². The van der Waals surface area contributed by atoms with E-state index in [0.717, 1.165) is 0 Å². The second-order valence-corrected chi connectivity index (χ2v) is 2.79. The predicted molar refractivity (Wildman–Crippen MR) is 42.6 cm³/mol. The molecule has 0 bridgehead atoms. The molecule has 1 aromatic rings. The fourth-order valence-corrected chi connectivity index (χ4v) is 1.28. The van der Waals surface area contributed by atoms with E-state index in [4.69, 9.17) is 11.6 Å². The number of esters is 1. The normalized spacial score (nSPS) is 9.73. The standard InChI is InChI=1S/C5H4BrClN2O2/c1-11-4(10)2-3(6)9-5(7)8-2/h1H3,(H,8,9). The van der Waals surface area contributed by atoms with E-state index in [0.29, 0.717) is 4.60 Å². The Hall–Kier alpha value is -0.550. The molecule has 0 fully saturated rings. The van der Waals surface area contributed by atoms with Crippen LogP contribution in [0, 0.1) is 0 Å². The summed E-state index contributed by atoms with van der Waals surface area (Å²) in [5, 5.41) is 0.150. The zero-order valence-corrected chi connectivity index (χ0v) is 7.86. The SMILES string of the molecule is COC(=O)c1[nH]c(Cl)nc1Br. The quantitative estimate of drug-likeness (QED) is 0.758. The number of carbonyl (C=O) groups is 1. The molecule has 4 nitrogen and oxygen atoms in total. The lowest BCUT2D eigenvalue weighted by atomic mass is 10.5. The van der Waals surface area contributed by atoms with Gasteiger partial charge in [0.1, 0.15) is 4.60 Å². The van der Waals surface area contributed by atoms with E-state index in [1.165, 1.54) is 7.11 Å². The number of imidazole rings is 1. The molecule has 0 aliphatic rings. The molecule has 1 aromatic heterocycles. The third kappa shape index (κ3) is 1.72. The molecule has 11 heavy (non-hydrogen) atoms. The third-order valence-corrected chi connectivity index (χ3v) is 1.77. The summed E-state index contributed by atoms with van der Waals surface area (Å²) >= 11 is 8.49. The van der Waals surface area contributed by atoms with Crippen molar-refractivity contribution >= 4 is 33.5 Å². The lowest BCUT2D eigenvalue weighted by Gasteiger charge is -1.92. The second kappa shape index (κ2) is 3.23. The number of nitrogens with one attached hydrogen (secondary N) is 1. The summed E-state index contributed by atoms with van der Waals surface area (Å²) in [6.07, 6.45) is 0. The average molecular weight is 239 g/mol. The second-order valence-electron chi connectivity index (χ2n) is 1.69. The molecule has 0 radical (unpaired) electrons. The Bertz CT molecular complexity index is 286. The Labute approximate surface area is 76.0 Å². The molecule has 0 aliphatic heterocycles. The van der Waals surface area contributed by atoms with Crippen LogP contribution in [0.1, 0.15) is 10.5 Å². The molecule has 1 rings (SSSR count). The van der Waals surface area contributed by atoms with Crippen LogP contribution >= 0.6 is 27.5 Å². The number of methoxy groups -OCH3 is 1. The van der Waals surface area contributed by atoms with E-state index < -0.39 is 5.97 Å². The van der Waals surface area contributed by atoms with Crippen LogP contribution in [-0.4, -0.2) is 23.0 Å². The molecule has 0 atom stereocenters. The van der Waals surface area contributed by atoms with Crippen molar-refractivity contribution in [3.63, 3.8) is 0 Å². The average Bonchev–Trinajstić information content (AvgIpc) is 2.28. The topological polar surface area (TPSA) is 55.0 Å². The molecule has 0 unspecified atom stereocenters. The van der Waals surface area contributed by atoms with Crippen molar-refractivity contribution < 1.29 is 9.53 Å². The highest BCUT2D eigenvalue weighted by Gasteiger charge is 2.14. The van der Waals surface area contributed by atoms with E-state index >= 15 is 0 Å². The molecule has 0 saturated heterocycles. The van der Waals surface area contributed by atoms with Crippen LogP contribution in [-0.2, 0) is 4.74 Å². The molecular formula is C5H4BrClN2O2.